The van der Waals surface area contributed by atoms with E-state index in [4.69, 9.17) is 16.3 Å². The summed E-state index contributed by atoms with van der Waals surface area (Å²) in [7, 11) is 1.83. The van der Waals surface area contributed by atoms with Crippen LogP contribution in [0.5, 0.6) is 11.5 Å². The number of hydrogen-bond acceptors (Lipinski definition) is 4. The Bertz CT molecular complexity index is 661. The highest BCUT2D eigenvalue weighted by Crippen LogP contribution is 2.39. The smallest absolute Gasteiger partial charge is 0.313 e. The maximum atomic E-state index is 11.1. The standard InChI is InChI=1S/C15H15ClN2O3/c1-10(17-2)11-6-3-4-9-14(11)21-15-12(16)7-5-8-13(15)18(19)20/h3-10,17H,1-2H3. The summed E-state index contributed by atoms with van der Waals surface area (Å²) in [6, 6.07) is 11.9. The first kappa shape index (κ1) is 15.3. The number of nitro benzene ring substituents is 1. The fourth-order valence-electron chi connectivity index (χ4n) is 1.94. The second-order valence-electron chi connectivity index (χ2n) is 4.50. The predicted octanol–water partition coefficient (Wildman–Crippen LogP) is 4.32. The molecule has 0 saturated heterocycles. The highest BCUT2D eigenvalue weighted by Gasteiger charge is 2.20. The van der Waals surface area contributed by atoms with Crippen LogP contribution in [-0.2, 0) is 0 Å². The van der Waals surface area contributed by atoms with E-state index in [1.807, 2.05) is 32.2 Å². The Balaban J connectivity index is 2.46. The minimum Gasteiger partial charge on any atom is -0.448 e. The van der Waals surface area contributed by atoms with Gasteiger partial charge in [-0.3, -0.25) is 10.1 Å². The van der Waals surface area contributed by atoms with E-state index in [1.54, 1.807) is 12.1 Å². The van der Waals surface area contributed by atoms with Crippen LogP contribution in [0.1, 0.15) is 18.5 Å². The van der Waals surface area contributed by atoms with Gasteiger partial charge in [0.15, 0.2) is 0 Å². The number of benzene rings is 2. The summed E-state index contributed by atoms with van der Waals surface area (Å²) in [5, 5.41) is 14.4. The van der Waals surface area contributed by atoms with Crippen molar-refractivity contribution in [3.8, 4) is 11.5 Å². The Morgan fingerprint density at radius 3 is 2.62 bits per heavy atom. The zero-order valence-corrected chi connectivity index (χ0v) is 12.4. The lowest BCUT2D eigenvalue weighted by Crippen LogP contribution is -2.13. The van der Waals surface area contributed by atoms with Gasteiger partial charge in [-0.05, 0) is 26.1 Å². The Morgan fingerprint density at radius 2 is 1.95 bits per heavy atom. The molecular formula is C15H15ClN2O3. The Morgan fingerprint density at radius 1 is 1.24 bits per heavy atom. The summed E-state index contributed by atoms with van der Waals surface area (Å²) in [5.74, 6) is 0.593. The van der Waals surface area contributed by atoms with Crippen molar-refractivity contribution in [3.63, 3.8) is 0 Å². The number of nitrogens with one attached hydrogen (secondary N) is 1. The molecule has 6 heteroatoms. The number of halogens is 1. The van der Waals surface area contributed by atoms with Crippen LogP contribution in [0.3, 0.4) is 0 Å². The quantitative estimate of drug-likeness (QED) is 0.660. The summed E-state index contributed by atoms with van der Waals surface area (Å²) in [4.78, 5) is 10.6. The molecule has 0 aromatic heterocycles. The first-order valence-electron chi connectivity index (χ1n) is 6.41. The Labute approximate surface area is 127 Å². The molecule has 2 rings (SSSR count). The summed E-state index contributed by atoms with van der Waals surface area (Å²) >= 11 is 6.04. The van der Waals surface area contributed by atoms with Crippen molar-refractivity contribution in [1.29, 1.82) is 0 Å². The third kappa shape index (κ3) is 3.32. The molecule has 1 N–H and O–H groups in total. The van der Waals surface area contributed by atoms with Crippen molar-refractivity contribution in [2.24, 2.45) is 0 Å². The van der Waals surface area contributed by atoms with Crippen LogP contribution in [0.2, 0.25) is 5.02 Å². The molecule has 0 saturated carbocycles. The van der Waals surface area contributed by atoms with Gasteiger partial charge in [0, 0.05) is 17.7 Å². The predicted molar refractivity (Wildman–Crippen MR) is 82.1 cm³/mol. The summed E-state index contributed by atoms with van der Waals surface area (Å²) < 4.78 is 5.74. The molecule has 0 radical (unpaired) electrons. The molecule has 2 aromatic carbocycles. The van der Waals surface area contributed by atoms with Gasteiger partial charge in [0.25, 0.3) is 0 Å². The largest absolute Gasteiger partial charge is 0.448 e. The molecular weight excluding hydrogens is 292 g/mol. The van der Waals surface area contributed by atoms with E-state index in [1.165, 1.54) is 12.1 Å². The van der Waals surface area contributed by atoms with E-state index in [0.29, 0.717) is 5.75 Å². The molecule has 1 atom stereocenters. The third-order valence-electron chi connectivity index (χ3n) is 3.17. The maximum Gasteiger partial charge on any atom is 0.313 e. The van der Waals surface area contributed by atoms with Gasteiger partial charge in [-0.15, -0.1) is 0 Å². The van der Waals surface area contributed by atoms with E-state index in [-0.39, 0.29) is 22.5 Å². The van der Waals surface area contributed by atoms with E-state index < -0.39 is 4.92 Å². The minimum absolute atomic E-state index is 0.0442. The number of para-hydroxylation sites is 2. The molecule has 110 valence electrons. The molecule has 0 aliphatic rings. The lowest BCUT2D eigenvalue weighted by Gasteiger charge is -2.16. The first-order chi connectivity index (χ1) is 10.0. The monoisotopic (exact) mass is 306 g/mol. The van der Waals surface area contributed by atoms with Crippen LogP contribution in [0, 0.1) is 10.1 Å². The van der Waals surface area contributed by atoms with Gasteiger partial charge in [0.05, 0.1) is 9.95 Å². The van der Waals surface area contributed by atoms with Crippen molar-refractivity contribution in [1.82, 2.24) is 5.32 Å². The Hall–Kier alpha value is -2.11. The number of hydrogen-bond donors (Lipinski definition) is 1. The lowest BCUT2D eigenvalue weighted by atomic mass is 10.1. The normalized spacial score (nSPS) is 12.0. The van der Waals surface area contributed by atoms with Crippen LogP contribution < -0.4 is 10.1 Å². The number of ether oxygens (including phenoxy) is 1. The molecule has 21 heavy (non-hydrogen) atoms. The fraction of sp³-hybridized carbons (Fsp3) is 0.200. The van der Waals surface area contributed by atoms with E-state index in [0.717, 1.165) is 5.56 Å². The zero-order valence-electron chi connectivity index (χ0n) is 11.7. The average molecular weight is 307 g/mol. The third-order valence-corrected chi connectivity index (χ3v) is 3.47. The van der Waals surface area contributed by atoms with Crippen LogP contribution in [0.25, 0.3) is 0 Å². The summed E-state index contributed by atoms with van der Waals surface area (Å²) in [6.45, 7) is 1.98. The van der Waals surface area contributed by atoms with E-state index in [2.05, 4.69) is 5.32 Å². The minimum atomic E-state index is -0.509. The van der Waals surface area contributed by atoms with Gasteiger partial charge in [-0.1, -0.05) is 35.9 Å². The SMILES string of the molecule is CNC(C)c1ccccc1Oc1c(Cl)cccc1[N+](=O)[O-]. The molecule has 0 aliphatic carbocycles. The molecule has 0 aliphatic heterocycles. The van der Waals surface area contributed by atoms with E-state index in [9.17, 15) is 10.1 Å². The van der Waals surface area contributed by atoms with Crippen molar-refractivity contribution < 1.29 is 9.66 Å². The second kappa shape index (κ2) is 6.56. The molecule has 0 amide bonds. The van der Waals surface area contributed by atoms with Crippen molar-refractivity contribution in [3.05, 3.63) is 63.2 Å². The fourth-order valence-corrected chi connectivity index (χ4v) is 2.15. The van der Waals surface area contributed by atoms with Crippen LogP contribution >= 0.6 is 11.6 Å². The maximum absolute atomic E-state index is 11.1. The number of nitro groups is 1. The van der Waals surface area contributed by atoms with Crippen molar-refractivity contribution >= 4 is 17.3 Å². The van der Waals surface area contributed by atoms with Gasteiger partial charge in [-0.25, -0.2) is 0 Å². The topological polar surface area (TPSA) is 64.4 Å². The van der Waals surface area contributed by atoms with E-state index >= 15 is 0 Å². The highest BCUT2D eigenvalue weighted by atomic mass is 35.5. The van der Waals surface area contributed by atoms with Gasteiger partial charge < -0.3 is 10.1 Å². The molecule has 2 aromatic rings. The van der Waals surface area contributed by atoms with Gasteiger partial charge in [-0.2, -0.15) is 0 Å². The molecule has 1 unspecified atom stereocenters. The van der Waals surface area contributed by atoms with Crippen molar-refractivity contribution in [2.45, 2.75) is 13.0 Å². The number of rotatable bonds is 5. The molecule has 0 bridgehead atoms. The Kier molecular flexibility index (Phi) is 4.77. The van der Waals surface area contributed by atoms with Gasteiger partial charge >= 0.3 is 5.69 Å². The van der Waals surface area contributed by atoms with Crippen LogP contribution in [0.15, 0.2) is 42.5 Å². The molecule has 5 nitrogen and oxygen atoms in total. The zero-order chi connectivity index (χ0) is 15.4. The van der Waals surface area contributed by atoms with Crippen LogP contribution in [-0.4, -0.2) is 12.0 Å². The number of nitrogens with zero attached hydrogens (tertiary/aromatic N) is 1. The lowest BCUT2D eigenvalue weighted by molar-refractivity contribution is -0.385. The summed E-state index contributed by atoms with van der Waals surface area (Å²) in [5.41, 5.74) is 0.739. The molecule has 0 heterocycles. The van der Waals surface area contributed by atoms with Crippen LogP contribution in [0.4, 0.5) is 5.69 Å². The molecule has 0 spiro atoms. The molecule has 0 fully saturated rings. The first-order valence-corrected chi connectivity index (χ1v) is 6.79. The van der Waals surface area contributed by atoms with Crippen molar-refractivity contribution in [2.75, 3.05) is 7.05 Å². The average Bonchev–Trinajstić information content (AvgIpc) is 2.48. The van der Waals surface area contributed by atoms with Gasteiger partial charge in [0.1, 0.15) is 5.75 Å². The summed E-state index contributed by atoms with van der Waals surface area (Å²) in [6.07, 6.45) is 0. The highest BCUT2D eigenvalue weighted by molar-refractivity contribution is 6.32. The van der Waals surface area contributed by atoms with Gasteiger partial charge in [0.2, 0.25) is 5.75 Å². The second-order valence-corrected chi connectivity index (χ2v) is 4.90.